The third-order valence-corrected chi connectivity index (χ3v) is 2.74. The average molecular weight is 221 g/mol. The molecular weight excluding hydrogens is 204 g/mol. The molecule has 2 heteroatoms. The molecular formula is C9H17BrO. The molecule has 1 fully saturated rings. The standard InChI is InChI=1S/C9H17BrO/c10-7-3-1-2-5-9-6-4-8-11-9/h9H,1-8H2. The van der Waals surface area contributed by atoms with Crippen molar-refractivity contribution in [3.63, 3.8) is 0 Å². The van der Waals surface area contributed by atoms with Crippen LogP contribution in [0.4, 0.5) is 0 Å². The SMILES string of the molecule is BrCCCCCC1CCCO1. The molecule has 66 valence electrons. The maximum atomic E-state index is 5.52. The van der Waals surface area contributed by atoms with Crippen LogP contribution in [-0.4, -0.2) is 18.0 Å². The first-order valence-electron chi connectivity index (χ1n) is 4.61. The van der Waals surface area contributed by atoms with Gasteiger partial charge >= 0.3 is 0 Å². The van der Waals surface area contributed by atoms with E-state index in [9.17, 15) is 0 Å². The van der Waals surface area contributed by atoms with E-state index in [0.29, 0.717) is 6.10 Å². The van der Waals surface area contributed by atoms with Gasteiger partial charge in [-0.05, 0) is 25.7 Å². The quantitative estimate of drug-likeness (QED) is 0.512. The summed E-state index contributed by atoms with van der Waals surface area (Å²) in [5, 5.41) is 1.15. The molecule has 0 aromatic rings. The van der Waals surface area contributed by atoms with Gasteiger partial charge in [0.1, 0.15) is 0 Å². The second-order valence-electron chi connectivity index (χ2n) is 3.17. The molecule has 0 amide bonds. The highest BCUT2D eigenvalue weighted by atomic mass is 79.9. The lowest BCUT2D eigenvalue weighted by atomic mass is 10.1. The number of alkyl halides is 1. The summed E-state index contributed by atoms with van der Waals surface area (Å²) in [6, 6.07) is 0. The molecule has 0 aliphatic carbocycles. The molecule has 11 heavy (non-hydrogen) atoms. The highest BCUT2D eigenvalue weighted by Gasteiger charge is 2.13. The fourth-order valence-electron chi connectivity index (χ4n) is 1.52. The van der Waals surface area contributed by atoms with E-state index in [1.165, 1.54) is 38.5 Å². The second kappa shape index (κ2) is 6.01. The summed E-state index contributed by atoms with van der Waals surface area (Å²) >= 11 is 3.43. The molecule has 0 N–H and O–H groups in total. The number of hydrogen-bond donors (Lipinski definition) is 0. The molecule has 1 rings (SSSR count). The van der Waals surface area contributed by atoms with Crippen LogP contribution in [0.5, 0.6) is 0 Å². The van der Waals surface area contributed by atoms with E-state index in [1.807, 2.05) is 0 Å². The maximum Gasteiger partial charge on any atom is 0.0576 e. The van der Waals surface area contributed by atoms with Crippen molar-refractivity contribution in [2.24, 2.45) is 0 Å². The molecule has 0 aromatic heterocycles. The van der Waals surface area contributed by atoms with Gasteiger partial charge in [-0.1, -0.05) is 28.8 Å². The van der Waals surface area contributed by atoms with Crippen molar-refractivity contribution in [3.05, 3.63) is 0 Å². The van der Waals surface area contributed by atoms with E-state index in [1.54, 1.807) is 0 Å². The molecule has 1 atom stereocenters. The Hall–Kier alpha value is 0.440. The Morgan fingerprint density at radius 2 is 2.18 bits per heavy atom. The summed E-state index contributed by atoms with van der Waals surface area (Å²) in [5.74, 6) is 0. The minimum atomic E-state index is 0.602. The molecule has 0 aromatic carbocycles. The Morgan fingerprint density at radius 1 is 1.27 bits per heavy atom. The van der Waals surface area contributed by atoms with Gasteiger partial charge in [-0.15, -0.1) is 0 Å². The molecule has 0 spiro atoms. The molecule has 1 unspecified atom stereocenters. The van der Waals surface area contributed by atoms with E-state index in [4.69, 9.17) is 4.74 Å². The summed E-state index contributed by atoms with van der Waals surface area (Å²) in [7, 11) is 0. The minimum absolute atomic E-state index is 0.602. The first kappa shape index (κ1) is 9.53. The summed E-state index contributed by atoms with van der Waals surface area (Å²) in [5.41, 5.74) is 0. The molecule has 1 saturated heterocycles. The third-order valence-electron chi connectivity index (χ3n) is 2.18. The van der Waals surface area contributed by atoms with Crippen LogP contribution in [0.25, 0.3) is 0 Å². The third kappa shape index (κ3) is 4.12. The van der Waals surface area contributed by atoms with E-state index < -0.39 is 0 Å². The van der Waals surface area contributed by atoms with Crippen molar-refractivity contribution < 1.29 is 4.74 Å². The molecule has 1 aliphatic heterocycles. The van der Waals surface area contributed by atoms with Crippen molar-refractivity contribution in [2.75, 3.05) is 11.9 Å². The Balaban J connectivity index is 1.86. The van der Waals surface area contributed by atoms with Crippen molar-refractivity contribution in [2.45, 2.75) is 44.6 Å². The van der Waals surface area contributed by atoms with Gasteiger partial charge in [0.25, 0.3) is 0 Å². The fourth-order valence-corrected chi connectivity index (χ4v) is 1.91. The largest absolute Gasteiger partial charge is 0.378 e. The Labute approximate surface area is 77.6 Å². The van der Waals surface area contributed by atoms with Gasteiger partial charge < -0.3 is 4.74 Å². The minimum Gasteiger partial charge on any atom is -0.378 e. The first-order valence-corrected chi connectivity index (χ1v) is 5.73. The molecule has 1 aliphatic rings. The van der Waals surface area contributed by atoms with Gasteiger partial charge in [-0.25, -0.2) is 0 Å². The van der Waals surface area contributed by atoms with E-state index >= 15 is 0 Å². The summed E-state index contributed by atoms with van der Waals surface area (Å²) in [6.45, 7) is 1.00. The number of hydrogen-bond acceptors (Lipinski definition) is 1. The number of rotatable bonds is 5. The van der Waals surface area contributed by atoms with Gasteiger partial charge in [-0.2, -0.15) is 0 Å². The van der Waals surface area contributed by atoms with Crippen LogP contribution in [0.3, 0.4) is 0 Å². The van der Waals surface area contributed by atoms with Gasteiger partial charge in [-0.3, -0.25) is 0 Å². The van der Waals surface area contributed by atoms with Crippen LogP contribution in [0.2, 0.25) is 0 Å². The normalized spacial score (nSPS) is 24.3. The monoisotopic (exact) mass is 220 g/mol. The van der Waals surface area contributed by atoms with E-state index in [0.717, 1.165) is 11.9 Å². The molecule has 0 bridgehead atoms. The second-order valence-corrected chi connectivity index (χ2v) is 3.97. The molecule has 0 saturated carbocycles. The van der Waals surface area contributed by atoms with Crippen molar-refractivity contribution in [3.8, 4) is 0 Å². The average Bonchev–Trinajstić information content (AvgIpc) is 2.50. The lowest BCUT2D eigenvalue weighted by Gasteiger charge is -2.07. The molecule has 1 nitrogen and oxygen atoms in total. The van der Waals surface area contributed by atoms with Crippen molar-refractivity contribution >= 4 is 15.9 Å². The van der Waals surface area contributed by atoms with Gasteiger partial charge in [0.15, 0.2) is 0 Å². The lowest BCUT2D eigenvalue weighted by Crippen LogP contribution is -2.03. The van der Waals surface area contributed by atoms with Crippen LogP contribution in [0.15, 0.2) is 0 Å². The number of unbranched alkanes of at least 4 members (excludes halogenated alkanes) is 2. The van der Waals surface area contributed by atoms with Gasteiger partial charge in [0.05, 0.1) is 6.10 Å². The van der Waals surface area contributed by atoms with Crippen LogP contribution in [0.1, 0.15) is 38.5 Å². The smallest absolute Gasteiger partial charge is 0.0576 e. The van der Waals surface area contributed by atoms with Gasteiger partial charge in [0, 0.05) is 11.9 Å². The van der Waals surface area contributed by atoms with Crippen molar-refractivity contribution in [1.29, 1.82) is 0 Å². The Bertz CT molecular complexity index is 89.6. The van der Waals surface area contributed by atoms with Crippen LogP contribution < -0.4 is 0 Å². The van der Waals surface area contributed by atoms with Crippen LogP contribution in [0, 0.1) is 0 Å². The van der Waals surface area contributed by atoms with Crippen LogP contribution >= 0.6 is 15.9 Å². The Kier molecular flexibility index (Phi) is 5.21. The van der Waals surface area contributed by atoms with E-state index in [-0.39, 0.29) is 0 Å². The predicted molar refractivity (Wildman–Crippen MR) is 51.2 cm³/mol. The predicted octanol–water partition coefficient (Wildman–Crippen LogP) is 3.12. The highest BCUT2D eigenvalue weighted by molar-refractivity contribution is 9.09. The van der Waals surface area contributed by atoms with Gasteiger partial charge in [0.2, 0.25) is 0 Å². The number of ether oxygens (including phenoxy) is 1. The summed E-state index contributed by atoms with van der Waals surface area (Å²) < 4.78 is 5.52. The summed E-state index contributed by atoms with van der Waals surface area (Å²) in [6.07, 6.45) is 8.48. The van der Waals surface area contributed by atoms with E-state index in [2.05, 4.69) is 15.9 Å². The Morgan fingerprint density at radius 3 is 2.82 bits per heavy atom. The molecule has 1 heterocycles. The number of halogens is 1. The first-order chi connectivity index (χ1) is 5.43. The summed E-state index contributed by atoms with van der Waals surface area (Å²) in [4.78, 5) is 0. The zero-order valence-electron chi connectivity index (χ0n) is 7.02. The zero-order chi connectivity index (χ0) is 7.94. The fraction of sp³-hybridized carbons (Fsp3) is 1.00. The lowest BCUT2D eigenvalue weighted by molar-refractivity contribution is 0.102. The topological polar surface area (TPSA) is 9.23 Å². The van der Waals surface area contributed by atoms with Crippen LogP contribution in [-0.2, 0) is 4.74 Å². The molecule has 0 radical (unpaired) electrons. The highest BCUT2D eigenvalue weighted by Crippen LogP contribution is 2.18. The van der Waals surface area contributed by atoms with Crippen molar-refractivity contribution in [1.82, 2.24) is 0 Å². The maximum absolute atomic E-state index is 5.52. The zero-order valence-corrected chi connectivity index (χ0v) is 8.61.